The molecule has 0 unspecified atom stereocenters. The van der Waals surface area contributed by atoms with Crippen molar-refractivity contribution in [3.05, 3.63) is 12.4 Å². The van der Waals surface area contributed by atoms with Gasteiger partial charge < -0.3 is 5.32 Å². The molecule has 5 heteroatoms. The number of anilines is 1. The van der Waals surface area contributed by atoms with Crippen LogP contribution in [0.15, 0.2) is 12.4 Å². The number of hydrogen-bond donors (Lipinski definition) is 1. The van der Waals surface area contributed by atoms with E-state index < -0.39 is 0 Å². The van der Waals surface area contributed by atoms with Crippen LogP contribution in [0.1, 0.15) is 0 Å². The van der Waals surface area contributed by atoms with Crippen molar-refractivity contribution in [2.24, 2.45) is 0 Å². The van der Waals surface area contributed by atoms with Crippen molar-refractivity contribution in [2.45, 2.75) is 0 Å². The summed E-state index contributed by atoms with van der Waals surface area (Å²) in [4.78, 5) is 13.2. The minimum absolute atomic E-state index is 0.710. The fourth-order valence-corrected chi connectivity index (χ4v) is 1.50. The molecule has 0 fully saturated rings. The van der Waals surface area contributed by atoms with Gasteiger partial charge in [-0.25, -0.2) is 9.97 Å². The molecule has 2 aromatic heterocycles. The van der Waals surface area contributed by atoms with Gasteiger partial charge in [0, 0.05) is 19.4 Å². The fraction of sp³-hybridized carbons (Fsp3) is 0.167. The second kappa shape index (κ2) is 2.43. The summed E-state index contributed by atoms with van der Waals surface area (Å²) in [6, 6.07) is 0. The van der Waals surface area contributed by atoms with Crippen molar-refractivity contribution in [3.63, 3.8) is 0 Å². The number of nitrogens with one attached hydrogen (secondary N) is 1. The van der Waals surface area contributed by atoms with Crippen molar-refractivity contribution >= 4 is 26.9 Å². The second-order valence-electron chi connectivity index (χ2n) is 1.95. The maximum Gasteiger partial charge on any atom is 0.191 e. The van der Waals surface area contributed by atoms with Gasteiger partial charge in [-0.15, -0.1) is 0 Å². The highest BCUT2D eigenvalue weighted by Crippen LogP contribution is 2.20. The summed E-state index contributed by atoms with van der Waals surface area (Å²) >= 11 is 1.50. The van der Waals surface area contributed by atoms with E-state index in [-0.39, 0.29) is 0 Å². The Balaban J connectivity index is 2.69. The molecule has 0 radical (unpaired) electrons. The van der Waals surface area contributed by atoms with E-state index in [1.165, 1.54) is 11.3 Å². The average Bonchev–Trinajstić information content (AvgIpc) is 2.46. The highest BCUT2D eigenvalue weighted by molar-refractivity contribution is 7.21. The van der Waals surface area contributed by atoms with Crippen LogP contribution in [-0.4, -0.2) is 22.0 Å². The molecule has 0 aliphatic rings. The van der Waals surface area contributed by atoms with Gasteiger partial charge in [0.2, 0.25) is 0 Å². The third-order valence-electron chi connectivity index (χ3n) is 1.26. The lowest BCUT2D eigenvalue weighted by Crippen LogP contribution is -1.84. The number of hydrogen-bond acceptors (Lipinski definition) is 5. The molecule has 2 heterocycles. The Labute approximate surface area is 67.3 Å². The molecule has 0 aliphatic carbocycles. The second-order valence-corrected chi connectivity index (χ2v) is 2.93. The van der Waals surface area contributed by atoms with Gasteiger partial charge in [-0.05, 0) is 0 Å². The smallest absolute Gasteiger partial charge is 0.191 e. The molecule has 4 nitrogen and oxygen atoms in total. The van der Waals surface area contributed by atoms with Crippen molar-refractivity contribution in [2.75, 3.05) is 12.4 Å². The highest BCUT2D eigenvalue weighted by Gasteiger charge is 2.01. The van der Waals surface area contributed by atoms with Crippen molar-refractivity contribution in [1.82, 2.24) is 15.0 Å². The molecule has 0 saturated heterocycles. The van der Waals surface area contributed by atoms with Crippen LogP contribution in [0.2, 0.25) is 0 Å². The summed E-state index contributed by atoms with van der Waals surface area (Å²) in [5.41, 5.74) is 0.710. The zero-order valence-corrected chi connectivity index (χ0v) is 6.72. The van der Waals surface area contributed by atoms with Crippen LogP contribution in [0.25, 0.3) is 10.5 Å². The van der Waals surface area contributed by atoms with E-state index in [2.05, 4.69) is 20.3 Å². The number of aromatic nitrogens is 3. The van der Waals surface area contributed by atoms with Gasteiger partial charge in [-0.3, -0.25) is 0 Å². The van der Waals surface area contributed by atoms with Gasteiger partial charge in [-0.2, -0.15) is 4.98 Å². The Morgan fingerprint density at radius 2 is 2.18 bits per heavy atom. The Kier molecular flexibility index (Phi) is 1.43. The summed E-state index contributed by atoms with van der Waals surface area (Å²) in [7, 11) is 1.83. The molecule has 11 heavy (non-hydrogen) atoms. The molecule has 2 aromatic rings. The van der Waals surface area contributed by atoms with Gasteiger partial charge in [-0.1, -0.05) is 11.3 Å². The zero-order chi connectivity index (χ0) is 7.68. The number of thiazole rings is 1. The monoisotopic (exact) mass is 166 g/mol. The van der Waals surface area contributed by atoms with Crippen LogP contribution in [0.4, 0.5) is 5.13 Å². The van der Waals surface area contributed by atoms with E-state index in [1.54, 1.807) is 12.4 Å². The lowest BCUT2D eigenvalue weighted by atomic mass is 10.7. The maximum atomic E-state index is 4.16. The summed E-state index contributed by atoms with van der Waals surface area (Å²) < 4.78 is 0. The first-order valence-corrected chi connectivity index (χ1v) is 3.97. The molecule has 56 valence electrons. The van der Waals surface area contributed by atoms with Crippen molar-refractivity contribution in [3.8, 4) is 0 Å². The largest absolute Gasteiger partial charge is 0.364 e. The van der Waals surface area contributed by atoms with Gasteiger partial charge in [0.25, 0.3) is 0 Å². The number of fused-ring (bicyclic) bond motifs is 1. The van der Waals surface area contributed by atoms with Crippen LogP contribution < -0.4 is 5.32 Å². The minimum Gasteiger partial charge on any atom is -0.364 e. The molecule has 0 atom stereocenters. The van der Waals surface area contributed by atoms with E-state index in [9.17, 15) is 0 Å². The van der Waals surface area contributed by atoms with Crippen LogP contribution in [0.5, 0.6) is 0 Å². The molecule has 0 aliphatic heterocycles. The Hall–Kier alpha value is -1.23. The predicted molar refractivity (Wildman–Crippen MR) is 44.8 cm³/mol. The first-order chi connectivity index (χ1) is 5.40. The lowest BCUT2D eigenvalue weighted by molar-refractivity contribution is 1.26. The van der Waals surface area contributed by atoms with Gasteiger partial charge in [0.15, 0.2) is 15.6 Å². The fourth-order valence-electron chi connectivity index (χ4n) is 0.784. The number of nitrogens with zero attached hydrogens (tertiary/aromatic N) is 3. The van der Waals surface area contributed by atoms with Crippen molar-refractivity contribution < 1.29 is 0 Å². The van der Waals surface area contributed by atoms with Gasteiger partial charge in [0.05, 0.1) is 0 Å². The van der Waals surface area contributed by atoms with Crippen LogP contribution in [-0.2, 0) is 0 Å². The predicted octanol–water partition coefficient (Wildman–Crippen LogP) is 1.13. The Morgan fingerprint density at radius 3 is 2.91 bits per heavy atom. The van der Waals surface area contributed by atoms with E-state index in [1.807, 2.05) is 7.05 Å². The zero-order valence-electron chi connectivity index (χ0n) is 5.90. The molecule has 0 spiro atoms. The van der Waals surface area contributed by atoms with Crippen molar-refractivity contribution in [1.29, 1.82) is 0 Å². The SMILES string of the molecule is CNc1nc2nccnc2s1. The standard InChI is InChI=1S/C6H6N4S/c1-7-6-10-4-5(11-6)9-3-2-8-4/h2-3H,1H3,(H,7,8,10). The summed E-state index contributed by atoms with van der Waals surface area (Å²) in [6.45, 7) is 0. The molecule has 0 aromatic carbocycles. The van der Waals surface area contributed by atoms with E-state index in [0.717, 1.165) is 9.96 Å². The Morgan fingerprint density at radius 1 is 1.36 bits per heavy atom. The molecular weight excluding hydrogens is 160 g/mol. The molecule has 0 saturated carbocycles. The normalized spacial score (nSPS) is 10.3. The first kappa shape index (κ1) is 6.48. The topological polar surface area (TPSA) is 50.7 Å². The third kappa shape index (κ3) is 1.03. The maximum absolute atomic E-state index is 4.16. The van der Waals surface area contributed by atoms with E-state index in [4.69, 9.17) is 0 Å². The Bertz CT molecular complexity index is 336. The summed E-state index contributed by atoms with van der Waals surface area (Å²) in [5, 5.41) is 3.80. The molecule has 2 rings (SSSR count). The molecule has 0 amide bonds. The first-order valence-electron chi connectivity index (χ1n) is 3.15. The average molecular weight is 166 g/mol. The molecular formula is C6H6N4S. The molecule has 0 bridgehead atoms. The molecule has 1 N–H and O–H groups in total. The van der Waals surface area contributed by atoms with Crippen LogP contribution in [0.3, 0.4) is 0 Å². The summed E-state index contributed by atoms with van der Waals surface area (Å²) in [6.07, 6.45) is 3.31. The minimum atomic E-state index is 0.710. The number of rotatable bonds is 1. The van der Waals surface area contributed by atoms with E-state index >= 15 is 0 Å². The van der Waals surface area contributed by atoms with Crippen LogP contribution >= 0.6 is 11.3 Å². The lowest BCUT2D eigenvalue weighted by Gasteiger charge is -1.84. The van der Waals surface area contributed by atoms with Gasteiger partial charge in [0.1, 0.15) is 0 Å². The summed E-state index contributed by atoms with van der Waals surface area (Å²) in [5.74, 6) is 0. The highest BCUT2D eigenvalue weighted by atomic mass is 32.1. The van der Waals surface area contributed by atoms with Gasteiger partial charge >= 0.3 is 0 Å². The quantitative estimate of drug-likeness (QED) is 0.690. The third-order valence-corrected chi connectivity index (χ3v) is 2.23. The van der Waals surface area contributed by atoms with E-state index in [0.29, 0.717) is 5.65 Å². The van der Waals surface area contributed by atoms with Crippen LogP contribution in [0, 0.1) is 0 Å².